The predicted molar refractivity (Wildman–Crippen MR) is 130 cm³/mol. The molecular weight excluding hydrogens is 464 g/mol. The number of likely N-dealkylation sites (tertiary alicyclic amines) is 1. The number of fused-ring (bicyclic) bond motifs is 2. The van der Waals surface area contributed by atoms with Crippen molar-refractivity contribution < 1.29 is 28.7 Å². The van der Waals surface area contributed by atoms with E-state index in [1.54, 1.807) is 54.3 Å². The molecular formula is C26H26N4O6. The van der Waals surface area contributed by atoms with Gasteiger partial charge in [-0.3, -0.25) is 33.8 Å². The standard InChI is InChI=1S/C26H26N4O6/c1-16-24(33)29(15-23(32)28-11-5-2-6-12-28)20-13-17(9-10-21(20)36-16)27-22(31)14-30-25(34)18-7-3-4-8-19(18)26(30)35/h3-4,7-10,13,16H,2,5-6,11-12,14-15H2,1H3,(H,27,31). The zero-order valence-corrected chi connectivity index (χ0v) is 19.9. The SMILES string of the molecule is CC1Oc2ccc(NC(=O)CN3C(=O)c4ccccc4C3=O)cc2N(CC(=O)N2CCCCC2)C1=O. The minimum Gasteiger partial charge on any atom is -0.479 e. The summed E-state index contributed by atoms with van der Waals surface area (Å²) in [5.74, 6) is -1.67. The van der Waals surface area contributed by atoms with Crippen LogP contribution < -0.4 is 15.0 Å². The first-order chi connectivity index (χ1) is 17.3. The van der Waals surface area contributed by atoms with E-state index in [9.17, 15) is 24.0 Å². The molecule has 2 aromatic carbocycles. The van der Waals surface area contributed by atoms with E-state index in [-0.39, 0.29) is 29.5 Å². The van der Waals surface area contributed by atoms with Crippen molar-refractivity contribution in [3.63, 3.8) is 0 Å². The maximum absolute atomic E-state index is 12.9. The van der Waals surface area contributed by atoms with Crippen LogP contribution in [0.2, 0.25) is 0 Å². The maximum Gasteiger partial charge on any atom is 0.268 e. The quantitative estimate of drug-likeness (QED) is 0.642. The molecule has 10 nitrogen and oxygen atoms in total. The normalized spacial score (nSPS) is 19.1. The summed E-state index contributed by atoms with van der Waals surface area (Å²) in [6.45, 7) is 2.40. The van der Waals surface area contributed by atoms with E-state index in [0.29, 0.717) is 30.2 Å². The lowest BCUT2D eigenvalue weighted by molar-refractivity contribution is -0.133. The van der Waals surface area contributed by atoms with Crippen LogP contribution in [-0.2, 0) is 14.4 Å². The Morgan fingerprint density at radius 1 is 0.917 bits per heavy atom. The first-order valence-electron chi connectivity index (χ1n) is 12.0. The lowest BCUT2D eigenvalue weighted by atomic mass is 10.1. The summed E-state index contributed by atoms with van der Waals surface area (Å²) < 4.78 is 5.71. The molecule has 5 rings (SSSR count). The van der Waals surface area contributed by atoms with Gasteiger partial charge in [0.2, 0.25) is 11.8 Å². The van der Waals surface area contributed by atoms with Crippen molar-refractivity contribution in [2.24, 2.45) is 0 Å². The van der Waals surface area contributed by atoms with Crippen LogP contribution in [0.5, 0.6) is 5.75 Å². The summed E-state index contributed by atoms with van der Waals surface area (Å²) in [6, 6.07) is 11.2. The Morgan fingerprint density at radius 3 is 2.25 bits per heavy atom. The Hall–Kier alpha value is -4.21. The van der Waals surface area contributed by atoms with E-state index < -0.39 is 30.4 Å². The van der Waals surface area contributed by atoms with Crippen LogP contribution in [0.15, 0.2) is 42.5 Å². The van der Waals surface area contributed by atoms with Crippen molar-refractivity contribution in [2.75, 3.05) is 36.4 Å². The molecule has 5 amide bonds. The van der Waals surface area contributed by atoms with E-state index in [4.69, 9.17) is 4.74 Å². The second-order valence-electron chi connectivity index (χ2n) is 9.10. The van der Waals surface area contributed by atoms with Gasteiger partial charge in [-0.2, -0.15) is 0 Å². The average Bonchev–Trinajstić information content (AvgIpc) is 3.12. The highest BCUT2D eigenvalue weighted by molar-refractivity contribution is 6.22. The molecule has 3 heterocycles. The smallest absolute Gasteiger partial charge is 0.268 e. The number of rotatable bonds is 5. The van der Waals surface area contributed by atoms with Crippen LogP contribution in [0, 0.1) is 0 Å². The number of anilines is 2. The third kappa shape index (κ3) is 4.30. The first-order valence-corrected chi connectivity index (χ1v) is 12.0. The molecule has 0 aliphatic carbocycles. The Kier molecular flexibility index (Phi) is 6.17. The lowest BCUT2D eigenvalue weighted by Gasteiger charge is -2.35. The van der Waals surface area contributed by atoms with Gasteiger partial charge in [-0.1, -0.05) is 12.1 Å². The van der Waals surface area contributed by atoms with Gasteiger partial charge in [0.05, 0.1) is 16.8 Å². The van der Waals surface area contributed by atoms with Gasteiger partial charge in [0.15, 0.2) is 6.10 Å². The van der Waals surface area contributed by atoms with Crippen molar-refractivity contribution in [1.82, 2.24) is 9.80 Å². The molecule has 3 aliphatic heterocycles. The Balaban J connectivity index is 1.31. The summed E-state index contributed by atoms with van der Waals surface area (Å²) >= 11 is 0. The second-order valence-corrected chi connectivity index (χ2v) is 9.10. The molecule has 186 valence electrons. The summed E-state index contributed by atoms with van der Waals surface area (Å²) in [7, 11) is 0. The molecule has 0 aromatic heterocycles. The number of ether oxygens (including phenoxy) is 1. The van der Waals surface area contributed by atoms with Crippen LogP contribution in [0.4, 0.5) is 11.4 Å². The van der Waals surface area contributed by atoms with Crippen molar-refractivity contribution in [1.29, 1.82) is 0 Å². The van der Waals surface area contributed by atoms with E-state index in [0.717, 1.165) is 24.2 Å². The Morgan fingerprint density at radius 2 is 1.58 bits per heavy atom. The van der Waals surface area contributed by atoms with Gasteiger partial charge in [-0.05, 0) is 56.5 Å². The molecule has 1 saturated heterocycles. The van der Waals surface area contributed by atoms with Gasteiger partial charge >= 0.3 is 0 Å². The van der Waals surface area contributed by atoms with Crippen molar-refractivity contribution >= 4 is 40.9 Å². The maximum atomic E-state index is 12.9. The minimum atomic E-state index is -0.749. The highest BCUT2D eigenvalue weighted by Gasteiger charge is 2.37. The summed E-state index contributed by atoms with van der Waals surface area (Å²) in [6.07, 6.45) is 2.23. The fourth-order valence-corrected chi connectivity index (χ4v) is 4.75. The van der Waals surface area contributed by atoms with Crippen LogP contribution in [0.3, 0.4) is 0 Å². The van der Waals surface area contributed by atoms with E-state index in [1.165, 1.54) is 4.90 Å². The van der Waals surface area contributed by atoms with Gasteiger partial charge in [0, 0.05) is 18.8 Å². The number of imide groups is 1. The van der Waals surface area contributed by atoms with Crippen molar-refractivity contribution in [3.8, 4) is 5.75 Å². The number of benzene rings is 2. The molecule has 2 aromatic rings. The number of amides is 5. The van der Waals surface area contributed by atoms with Gasteiger partial charge in [-0.15, -0.1) is 0 Å². The van der Waals surface area contributed by atoms with Crippen LogP contribution in [0.1, 0.15) is 46.9 Å². The third-order valence-corrected chi connectivity index (χ3v) is 6.63. The van der Waals surface area contributed by atoms with E-state index in [1.807, 2.05) is 0 Å². The summed E-state index contributed by atoms with van der Waals surface area (Å²) in [5, 5.41) is 2.68. The van der Waals surface area contributed by atoms with Gasteiger partial charge in [0.1, 0.15) is 18.8 Å². The largest absolute Gasteiger partial charge is 0.479 e. The highest BCUT2D eigenvalue weighted by atomic mass is 16.5. The van der Waals surface area contributed by atoms with Gasteiger partial charge in [-0.25, -0.2) is 0 Å². The molecule has 1 unspecified atom stereocenters. The molecule has 0 spiro atoms. The highest BCUT2D eigenvalue weighted by Crippen LogP contribution is 2.36. The van der Waals surface area contributed by atoms with Crippen LogP contribution in [0.25, 0.3) is 0 Å². The van der Waals surface area contributed by atoms with Crippen molar-refractivity contribution in [3.05, 3.63) is 53.6 Å². The number of carbonyl (C=O) groups is 5. The van der Waals surface area contributed by atoms with Crippen LogP contribution in [-0.4, -0.2) is 71.6 Å². The molecule has 36 heavy (non-hydrogen) atoms. The first kappa shape index (κ1) is 23.5. The minimum absolute atomic E-state index is 0.119. The lowest BCUT2D eigenvalue weighted by Crippen LogP contribution is -2.50. The molecule has 10 heteroatoms. The topological polar surface area (TPSA) is 116 Å². The molecule has 1 N–H and O–H groups in total. The van der Waals surface area contributed by atoms with Crippen molar-refractivity contribution in [2.45, 2.75) is 32.3 Å². The molecule has 1 atom stereocenters. The second kappa shape index (κ2) is 9.44. The molecule has 0 radical (unpaired) electrons. The molecule has 0 saturated carbocycles. The van der Waals surface area contributed by atoms with Crippen LogP contribution >= 0.6 is 0 Å². The zero-order chi connectivity index (χ0) is 25.4. The number of piperidine rings is 1. The molecule has 0 bridgehead atoms. The van der Waals surface area contributed by atoms with Gasteiger partial charge < -0.3 is 15.0 Å². The molecule has 1 fully saturated rings. The predicted octanol–water partition coefficient (Wildman–Crippen LogP) is 2.05. The fourth-order valence-electron chi connectivity index (χ4n) is 4.75. The average molecular weight is 491 g/mol. The Bertz CT molecular complexity index is 1230. The summed E-state index contributed by atoms with van der Waals surface area (Å²) in [5.41, 5.74) is 1.25. The zero-order valence-electron chi connectivity index (χ0n) is 19.9. The van der Waals surface area contributed by atoms with Gasteiger partial charge in [0.25, 0.3) is 17.7 Å². The monoisotopic (exact) mass is 490 g/mol. The molecule has 3 aliphatic rings. The summed E-state index contributed by atoms with van der Waals surface area (Å²) in [4.78, 5) is 67.7. The number of nitrogens with one attached hydrogen (secondary N) is 1. The Labute approximate surface area is 207 Å². The number of hydrogen-bond donors (Lipinski definition) is 1. The number of nitrogens with zero attached hydrogens (tertiary/aromatic N) is 3. The van der Waals surface area contributed by atoms with E-state index in [2.05, 4.69) is 5.32 Å². The number of hydrogen-bond acceptors (Lipinski definition) is 6. The van der Waals surface area contributed by atoms with E-state index >= 15 is 0 Å². The number of carbonyl (C=O) groups excluding carboxylic acids is 5. The third-order valence-electron chi connectivity index (χ3n) is 6.63. The fraction of sp³-hybridized carbons (Fsp3) is 0.346.